The number of hydrogen-bond donors (Lipinski definition) is 3. The second-order valence-electron chi connectivity index (χ2n) is 7.52. The maximum absolute atomic E-state index is 12.4. The van der Waals surface area contributed by atoms with E-state index in [2.05, 4.69) is 23.9 Å². The zero-order valence-corrected chi connectivity index (χ0v) is 17.1. The molecular formula is C24H24N3O3+. The van der Waals surface area contributed by atoms with Gasteiger partial charge in [0.25, 0.3) is 5.56 Å². The van der Waals surface area contributed by atoms with Crippen molar-refractivity contribution in [2.75, 3.05) is 0 Å². The summed E-state index contributed by atoms with van der Waals surface area (Å²) in [5.74, 6) is 1.49. The highest BCUT2D eigenvalue weighted by Gasteiger charge is 2.22. The van der Waals surface area contributed by atoms with Crippen LogP contribution >= 0.6 is 0 Å². The van der Waals surface area contributed by atoms with Crippen LogP contribution in [0.3, 0.4) is 0 Å². The van der Waals surface area contributed by atoms with Crippen LogP contribution in [-0.4, -0.2) is 20.6 Å². The van der Waals surface area contributed by atoms with Crippen LogP contribution in [0, 0.1) is 6.92 Å². The number of rotatable bonds is 5. The summed E-state index contributed by atoms with van der Waals surface area (Å²) < 4.78 is 7.64. The van der Waals surface area contributed by atoms with Gasteiger partial charge in [-0.3, -0.25) is 14.4 Å². The number of nitrogens with one attached hydrogen (secondary N) is 2. The zero-order valence-electron chi connectivity index (χ0n) is 17.1. The maximum atomic E-state index is 12.4. The number of fused-ring (bicyclic) bond motifs is 1. The number of benzene rings is 2. The van der Waals surface area contributed by atoms with Gasteiger partial charge in [-0.1, -0.05) is 38.1 Å². The molecule has 152 valence electrons. The molecule has 2 aromatic carbocycles. The summed E-state index contributed by atoms with van der Waals surface area (Å²) in [5, 5.41) is 13.5. The minimum absolute atomic E-state index is 0.170. The number of hydrogen-bond acceptors (Lipinski definition) is 2. The molecule has 6 heteroatoms. The van der Waals surface area contributed by atoms with Crippen molar-refractivity contribution in [3.63, 3.8) is 0 Å². The van der Waals surface area contributed by atoms with Crippen LogP contribution < -0.4 is 15.3 Å². The number of aliphatic hydroxyl groups excluding tert-OH is 1. The van der Waals surface area contributed by atoms with Crippen LogP contribution in [0.2, 0.25) is 0 Å². The van der Waals surface area contributed by atoms with Crippen molar-refractivity contribution in [1.82, 2.24) is 9.61 Å². The molecule has 6 nitrogen and oxygen atoms in total. The summed E-state index contributed by atoms with van der Waals surface area (Å²) in [4.78, 5) is 15.4. The number of H-pyrrole nitrogens is 1. The normalized spacial score (nSPS) is 11.9. The fourth-order valence-electron chi connectivity index (χ4n) is 3.46. The van der Waals surface area contributed by atoms with E-state index >= 15 is 0 Å². The lowest BCUT2D eigenvalue weighted by Gasteiger charge is -2.13. The summed E-state index contributed by atoms with van der Waals surface area (Å²) >= 11 is 0. The number of aryl methyl sites for hydroxylation is 1. The minimum Gasteiger partial charge on any atom is -0.459 e. The van der Waals surface area contributed by atoms with Crippen LogP contribution in [0.1, 0.15) is 36.5 Å². The number of aromatic nitrogens is 2. The van der Waals surface area contributed by atoms with Gasteiger partial charge in [0.15, 0.2) is 5.56 Å². The maximum Gasteiger partial charge on any atom is 0.379 e. The van der Waals surface area contributed by atoms with E-state index in [-0.39, 0.29) is 22.9 Å². The molecular weight excluding hydrogens is 378 g/mol. The van der Waals surface area contributed by atoms with Crippen molar-refractivity contribution in [3.05, 3.63) is 93.9 Å². The predicted octanol–water partition coefficient (Wildman–Crippen LogP) is 3.57. The third kappa shape index (κ3) is 3.72. The van der Waals surface area contributed by atoms with E-state index in [0.29, 0.717) is 5.52 Å². The minimum atomic E-state index is -0.363. The number of ether oxygens (including phenoxy) is 1. The Bertz CT molecular complexity index is 1280. The summed E-state index contributed by atoms with van der Waals surface area (Å²) in [7, 11) is 0. The summed E-state index contributed by atoms with van der Waals surface area (Å²) in [6, 6.07) is 18.9. The van der Waals surface area contributed by atoms with Gasteiger partial charge in [0, 0.05) is 17.8 Å². The Balaban J connectivity index is 1.79. The van der Waals surface area contributed by atoms with Gasteiger partial charge in [0.2, 0.25) is 5.69 Å². The van der Waals surface area contributed by atoms with Crippen LogP contribution in [0.15, 0.2) is 71.7 Å². The predicted molar refractivity (Wildman–Crippen MR) is 117 cm³/mol. The number of pyridine rings is 1. The van der Waals surface area contributed by atoms with Crippen LogP contribution in [0.4, 0.5) is 5.69 Å². The Morgan fingerprint density at radius 2 is 1.83 bits per heavy atom. The monoisotopic (exact) mass is 402 g/mol. The van der Waals surface area contributed by atoms with Crippen molar-refractivity contribution in [2.24, 2.45) is 0 Å². The van der Waals surface area contributed by atoms with Crippen molar-refractivity contribution < 1.29 is 14.8 Å². The van der Waals surface area contributed by atoms with Gasteiger partial charge in [0.05, 0.1) is 5.52 Å². The number of nitrogens with zero attached hydrogens (tertiary/aromatic N) is 1. The molecule has 0 spiro atoms. The van der Waals surface area contributed by atoms with E-state index in [1.54, 1.807) is 16.8 Å². The standard InChI is InChI=1S/C24H23N3O3/c1-15(2)18-14-21(30-17-9-5-4-6-10-17)16(3)13-19(18)25-23(28)22-20-11-7-8-12-27(20)26-24(22)29/h4-15H,1-3H3,(H,25,28)(H,26,29)/p+1. The number of para-hydroxylation sites is 1. The van der Waals surface area contributed by atoms with Gasteiger partial charge in [-0.05, 0) is 48.7 Å². The van der Waals surface area contributed by atoms with Gasteiger partial charge in [0.1, 0.15) is 11.5 Å². The van der Waals surface area contributed by atoms with E-state index in [9.17, 15) is 9.90 Å². The smallest absolute Gasteiger partial charge is 0.379 e. The molecule has 0 atom stereocenters. The lowest BCUT2D eigenvalue weighted by atomic mass is 9.98. The van der Waals surface area contributed by atoms with Crippen LogP contribution in [0.25, 0.3) is 5.52 Å². The Kier molecular flexibility index (Phi) is 5.14. The number of aliphatic hydroxyl groups is 1. The molecule has 2 heterocycles. The van der Waals surface area contributed by atoms with Gasteiger partial charge < -0.3 is 9.84 Å². The van der Waals surface area contributed by atoms with E-state index in [4.69, 9.17) is 4.74 Å². The van der Waals surface area contributed by atoms with Crippen LogP contribution in [-0.2, 0) is 0 Å². The first-order valence-corrected chi connectivity index (χ1v) is 9.84. The van der Waals surface area contributed by atoms with E-state index in [0.717, 1.165) is 28.3 Å². The molecule has 0 unspecified atom stereocenters. The number of aromatic amines is 1. The SMILES string of the molecule is Cc1cc([NH+]=C(O)c2c(=O)[nH]n3ccccc23)c(C(C)C)cc1Oc1ccccc1. The quantitative estimate of drug-likeness (QED) is 0.353. The molecule has 4 rings (SSSR count). The third-order valence-electron chi connectivity index (χ3n) is 5.00. The van der Waals surface area contributed by atoms with E-state index in [1.165, 1.54) is 0 Å². The largest absolute Gasteiger partial charge is 0.459 e. The van der Waals surface area contributed by atoms with Crippen molar-refractivity contribution in [1.29, 1.82) is 0 Å². The molecule has 0 aliphatic heterocycles. The first kappa shape index (κ1) is 19.5. The Hall–Kier alpha value is -3.80. The lowest BCUT2D eigenvalue weighted by Crippen LogP contribution is -2.68. The highest BCUT2D eigenvalue weighted by molar-refractivity contribution is 5.95. The first-order valence-electron chi connectivity index (χ1n) is 9.84. The van der Waals surface area contributed by atoms with Crippen molar-refractivity contribution in [3.8, 4) is 11.5 Å². The molecule has 3 N–H and O–H groups in total. The second kappa shape index (κ2) is 7.91. The highest BCUT2D eigenvalue weighted by atomic mass is 16.5. The van der Waals surface area contributed by atoms with Gasteiger partial charge in [-0.15, -0.1) is 0 Å². The summed E-state index contributed by atoms with van der Waals surface area (Å²) in [5.41, 5.74) is 3.05. The van der Waals surface area contributed by atoms with Gasteiger partial charge in [-0.2, -0.15) is 4.99 Å². The van der Waals surface area contributed by atoms with Gasteiger partial charge >= 0.3 is 5.90 Å². The molecule has 0 saturated heterocycles. The lowest BCUT2D eigenvalue weighted by molar-refractivity contribution is -0.365. The Labute approximate surface area is 174 Å². The Morgan fingerprint density at radius 3 is 2.57 bits per heavy atom. The van der Waals surface area contributed by atoms with Crippen LogP contribution in [0.5, 0.6) is 11.5 Å². The molecule has 0 bridgehead atoms. The van der Waals surface area contributed by atoms with Crippen molar-refractivity contribution >= 4 is 17.1 Å². The molecule has 0 fully saturated rings. The summed E-state index contributed by atoms with van der Waals surface area (Å²) in [6.07, 6.45) is 1.73. The molecule has 30 heavy (non-hydrogen) atoms. The first-order chi connectivity index (χ1) is 14.4. The molecule has 0 aliphatic rings. The molecule has 0 radical (unpaired) electrons. The summed E-state index contributed by atoms with van der Waals surface area (Å²) in [6.45, 7) is 6.09. The topological polar surface area (TPSA) is 80.7 Å². The van der Waals surface area contributed by atoms with Gasteiger partial charge in [-0.25, -0.2) is 0 Å². The fourth-order valence-corrected chi connectivity index (χ4v) is 3.46. The molecule has 2 aromatic heterocycles. The highest BCUT2D eigenvalue weighted by Crippen LogP contribution is 2.32. The zero-order chi connectivity index (χ0) is 21.3. The molecule has 4 aromatic rings. The molecule has 0 aliphatic carbocycles. The average Bonchev–Trinajstić information content (AvgIpc) is 3.06. The second-order valence-corrected chi connectivity index (χ2v) is 7.52. The van der Waals surface area contributed by atoms with E-state index in [1.807, 2.05) is 61.5 Å². The third-order valence-corrected chi connectivity index (χ3v) is 5.00. The average molecular weight is 402 g/mol. The Morgan fingerprint density at radius 1 is 1.10 bits per heavy atom. The molecule has 0 amide bonds. The molecule has 0 saturated carbocycles. The fraction of sp³-hybridized carbons (Fsp3) is 0.167. The van der Waals surface area contributed by atoms with Crippen molar-refractivity contribution in [2.45, 2.75) is 26.7 Å². The van der Waals surface area contributed by atoms with E-state index < -0.39 is 0 Å².